The molecule has 0 atom stereocenters. The number of rotatable bonds is 5. The molecular formula is C14H10O4S2. The molecule has 0 spiro atoms. The molecule has 102 valence electrons. The Hall–Kier alpha value is -1.92. The summed E-state index contributed by atoms with van der Waals surface area (Å²) < 4.78 is 5.30. The Morgan fingerprint density at radius 3 is 2.15 bits per heavy atom. The number of aromatic carboxylic acids is 1. The predicted molar refractivity (Wildman–Crippen MR) is 80.0 cm³/mol. The number of carbonyl (C=O) groups is 2. The van der Waals surface area contributed by atoms with Gasteiger partial charge in [-0.2, -0.15) is 0 Å². The molecule has 1 N–H and O–H groups in total. The third kappa shape index (κ3) is 4.04. The first-order valence-corrected chi connectivity index (χ1v) is 7.68. The van der Waals surface area contributed by atoms with Crippen molar-refractivity contribution in [3.05, 3.63) is 65.7 Å². The van der Waals surface area contributed by atoms with Crippen LogP contribution in [0.4, 0.5) is 0 Å². The van der Waals surface area contributed by atoms with Crippen LogP contribution >= 0.6 is 21.9 Å². The van der Waals surface area contributed by atoms with Gasteiger partial charge in [-0.1, -0.05) is 30.3 Å². The van der Waals surface area contributed by atoms with Gasteiger partial charge in [-0.15, -0.1) is 0 Å². The monoisotopic (exact) mass is 306 g/mol. The fraction of sp³-hybridized carbons (Fsp3) is 0. The van der Waals surface area contributed by atoms with Crippen LogP contribution in [-0.4, -0.2) is 16.2 Å². The van der Waals surface area contributed by atoms with E-state index < -0.39 is 5.97 Å². The van der Waals surface area contributed by atoms with Crippen molar-refractivity contribution in [1.82, 2.24) is 0 Å². The average molecular weight is 306 g/mol. The van der Waals surface area contributed by atoms with E-state index in [-0.39, 0.29) is 10.7 Å². The highest BCUT2D eigenvalue weighted by atomic mass is 33.1. The molecule has 0 saturated carbocycles. The van der Waals surface area contributed by atoms with Crippen molar-refractivity contribution in [2.45, 2.75) is 0 Å². The van der Waals surface area contributed by atoms with Gasteiger partial charge in [0.15, 0.2) is 0 Å². The number of carbonyl (C=O) groups excluding carboxylic acids is 1. The zero-order valence-corrected chi connectivity index (χ0v) is 11.8. The quantitative estimate of drug-likeness (QED) is 0.667. The van der Waals surface area contributed by atoms with Gasteiger partial charge in [0.25, 0.3) is 0 Å². The first-order valence-electron chi connectivity index (χ1n) is 5.61. The molecule has 4 nitrogen and oxygen atoms in total. The summed E-state index contributed by atoms with van der Waals surface area (Å²) in [5.41, 5.74) is 0.796. The van der Waals surface area contributed by atoms with Crippen molar-refractivity contribution < 1.29 is 18.9 Å². The van der Waals surface area contributed by atoms with Crippen LogP contribution in [-0.2, 0) is 0 Å². The molecule has 6 heteroatoms. The lowest BCUT2D eigenvalue weighted by Gasteiger charge is -2.03. The fourth-order valence-electron chi connectivity index (χ4n) is 1.36. The topological polar surface area (TPSA) is 63.6 Å². The van der Waals surface area contributed by atoms with Crippen molar-refractivity contribution >= 4 is 33.0 Å². The Bertz CT molecular complexity index is 596. The molecule has 0 heterocycles. The van der Waals surface area contributed by atoms with Gasteiger partial charge in [0, 0.05) is 16.4 Å². The SMILES string of the molecule is O=C(O)c1ccc(OSSC(=O)c2ccccc2)cc1. The molecule has 0 fully saturated rings. The van der Waals surface area contributed by atoms with Crippen molar-refractivity contribution in [1.29, 1.82) is 0 Å². The van der Waals surface area contributed by atoms with Crippen molar-refractivity contribution in [2.75, 3.05) is 0 Å². The maximum atomic E-state index is 11.8. The van der Waals surface area contributed by atoms with Gasteiger partial charge < -0.3 is 9.29 Å². The summed E-state index contributed by atoms with van der Waals surface area (Å²) in [6, 6.07) is 14.9. The second kappa shape index (κ2) is 7.02. The van der Waals surface area contributed by atoms with Gasteiger partial charge in [0.1, 0.15) is 16.8 Å². The molecule has 0 saturated heterocycles. The molecule has 0 aliphatic rings. The van der Waals surface area contributed by atoms with E-state index in [0.29, 0.717) is 11.3 Å². The molecule has 0 aromatic heterocycles. The summed E-state index contributed by atoms with van der Waals surface area (Å²) in [6.07, 6.45) is 0. The van der Waals surface area contributed by atoms with E-state index in [4.69, 9.17) is 9.29 Å². The molecule has 0 unspecified atom stereocenters. The second-order valence-corrected chi connectivity index (χ2v) is 5.47. The summed E-state index contributed by atoms with van der Waals surface area (Å²) in [5.74, 6) is -0.494. The standard InChI is InChI=1S/C14H10O4S2/c15-13(16)10-6-8-12(9-7-10)18-20-19-14(17)11-4-2-1-3-5-11/h1-9H,(H,15,16). The summed E-state index contributed by atoms with van der Waals surface area (Å²) >= 11 is 0.943. The minimum absolute atomic E-state index is 0.0993. The van der Waals surface area contributed by atoms with Crippen LogP contribution in [0.25, 0.3) is 0 Å². The maximum absolute atomic E-state index is 11.8. The summed E-state index contributed by atoms with van der Waals surface area (Å²) in [5, 5.41) is 8.66. The Labute approximate surface area is 123 Å². The van der Waals surface area contributed by atoms with Crippen LogP contribution in [0.3, 0.4) is 0 Å². The number of carboxylic acids is 1. The van der Waals surface area contributed by atoms with E-state index in [1.807, 2.05) is 6.07 Å². The zero-order valence-electron chi connectivity index (χ0n) is 10.2. The lowest BCUT2D eigenvalue weighted by atomic mass is 10.2. The van der Waals surface area contributed by atoms with Crippen LogP contribution in [0.1, 0.15) is 20.7 Å². The van der Waals surface area contributed by atoms with Crippen LogP contribution < -0.4 is 4.18 Å². The van der Waals surface area contributed by atoms with E-state index in [1.54, 1.807) is 36.4 Å². The number of benzene rings is 2. The van der Waals surface area contributed by atoms with E-state index in [0.717, 1.165) is 21.9 Å². The Morgan fingerprint density at radius 1 is 0.900 bits per heavy atom. The normalized spacial score (nSPS) is 10.0. The van der Waals surface area contributed by atoms with Crippen LogP contribution in [0.5, 0.6) is 5.75 Å². The highest BCUT2D eigenvalue weighted by molar-refractivity contribution is 8.80. The Balaban J connectivity index is 1.84. The zero-order chi connectivity index (χ0) is 14.4. The van der Waals surface area contributed by atoms with E-state index in [1.165, 1.54) is 12.1 Å². The van der Waals surface area contributed by atoms with Crippen LogP contribution in [0, 0.1) is 0 Å². The minimum atomic E-state index is -0.988. The summed E-state index contributed by atoms with van der Waals surface area (Å²) in [6.45, 7) is 0. The third-order valence-electron chi connectivity index (χ3n) is 2.35. The van der Waals surface area contributed by atoms with E-state index in [2.05, 4.69) is 0 Å². The van der Waals surface area contributed by atoms with Gasteiger partial charge in [0.05, 0.1) is 5.56 Å². The Morgan fingerprint density at radius 2 is 1.55 bits per heavy atom. The minimum Gasteiger partial charge on any atom is -0.478 e. The average Bonchev–Trinajstić information content (AvgIpc) is 2.48. The second-order valence-electron chi connectivity index (χ2n) is 3.72. The van der Waals surface area contributed by atoms with Gasteiger partial charge >= 0.3 is 5.97 Å². The number of hydrogen-bond donors (Lipinski definition) is 1. The fourth-order valence-corrected chi connectivity index (χ4v) is 2.69. The van der Waals surface area contributed by atoms with E-state index in [9.17, 15) is 9.59 Å². The van der Waals surface area contributed by atoms with Crippen molar-refractivity contribution in [3.8, 4) is 5.75 Å². The lowest BCUT2D eigenvalue weighted by Crippen LogP contribution is -1.95. The number of carboxylic acid groups (broad SMARTS) is 1. The molecule has 2 aromatic carbocycles. The molecule has 0 aliphatic heterocycles. The highest BCUT2D eigenvalue weighted by Gasteiger charge is 2.08. The van der Waals surface area contributed by atoms with Crippen LogP contribution in [0.15, 0.2) is 54.6 Å². The molecule has 0 amide bonds. The maximum Gasteiger partial charge on any atom is 0.335 e. The molecular weight excluding hydrogens is 296 g/mol. The van der Waals surface area contributed by atoms with Gasteiger partial charge in [-0.25, -0.2) is 4.79 Å². The lowest BCUT2D eigenvalue weighted by molar-refractivity contribution is 0.0696. The van der Waals surface area contributed by atoms with E-state index >= 15 is 0 Å². The first-order chi connectivity index (χ1) is 9.66. The third-order valence-corrected chi connectivity index (χ3v) is 3.93. The molecule has 20 heavy (non-hydrogen) atoms. The summed E-state index contributed by atoms with van der Waals surface area (Å²) in [4.78, 5) is 22.4. The highest BCUT2D eigenvalue weighted by Crippen LogP contribution is 2.29. The largest absolute Gasteiger partial charge is 0.478 e. The molecule has 2 aromatic rings. The predicted octanol–water partition coefficient (Wildman–Crippen LogP) is 3.90. The van der Waals surface area contributed by atoms with Gasteiger partial charge in [-0.05, 0) is 24.3 Å². The van der Waals surface area contributed by atoms with Gasteiger partial charge in [-0.3, -0.25) is 4.79 Å². The number of hydrogen-bond acceptors (Lipinski definition) is 5. The van der Waals surface area contributed by atoms with Gasteiger partial charge in [0.2, 0.25) is 5.12 Å². The molecule has 2 rings (SSSR count). The smallest absolute Gasteiger partial charge is 0.335 e. The molecule has 0 bridgehead atoms. The first kappa shape index (κ1) is 14.5. The Kier molecular flexibility index (Phi) is 5.09. The van der Waals surface area contributed by atoms with Crippen molar-refractivity contribution in [3.63, 3.8) is 0 Å². The summed E-state index contributed by atoms with van der Waals surface area (Å²) in [7, 11) is 0.974. The van der Waals surface area contributed by atoms with Crippen molar-refractivity contribution in [2.24, 2.45) is 0 Å². The van der Waals surface area contributed by atoms with Crippen LogP contribution in [0.2, 0.25) is 0 Å². The molecule has 0 aliphatic carbocycles. The molecule has 0 radical (unpaired) electrons.